The van der Waals surface area contributed by atoms with Gasteiger partial charge in [0, 0.05) is 18.7 Å². The number of carbonyl (C=O) groups excluding carboxylic acids is 1. The minimum absolute atomic E-state index is 0.212. The number of ether oxygens (including phenoxy) is 1. The molecule has 0 spiro atoms. The van der Waals surface area contributed by atoms with Crippen molar-refractivity contribution in [3.63, 3.8) is 0 Å². The lowest BCUT2D eigenvalue weighted by molar-refractivity contribution is -0.129. The molecule has 0 N–H and O–H groups in total. The molecule has 0 aliphatic carbocycles. The van der Waals surface area contributed by atoms with E-state index in [1.54, 1.807) is 6.33 Å². The van der Waals surface area contributed by atoms with Crippen molar-refractivity contribution >= 4 is 5.78 Å². The van der Waals surface area contributed by atoms with Gasteiger partial charge in [0.15, 0.2) is 11.6 Å². The molecule has 0 atom stereocenters. The van der Waals surface area contributed by atoms with Gasteiger partial charge >= 0.3 is 0 Å². The summed E-state index contributed by atoms with van der Waals surface area (Å²) >= 11 is 0. The standard InChI is InChI=1S/C27H36N6O2/c1-6-24(34)27(4,5)32-11-9-19(10-12-32)20-7-8-21-23(15-20)35-14-13-31-16-22(30-25(21)31)26-28-17-29-33(26)18(2)3/h7-8,15-19H,6,9-14H2,1-5H3. The first-order valence-electron chi connectivity index (χ1n) is 12.8. The molecule has 8 nitrogen and oxygen atoms in total. The van der Waals surface area contributed by atoms with Crippen molar-refractivity contribution < 1.29 is 9.53 Å². The fourth-order valence-electron chi connectivity index (χ4n) is 5.45. The number of hydrogen-bond acceptors (Lipinski definition) is 6. The Balaban J connectivity index is 1.38. The van der Waals surface area contributed by atoms with Crippen LogP contribution in [0.15, 0.2) is 30.7 Å². The second-order valence-corrected chi connectivity index (χ2v) is 10.5. The number of aromatic nitrogens is 5. The van der Waals surface area contributed by atoms with Gasteiger partial charge in [-0.05, 0) is 77.2 Å². The van der Waals surface area contributed by atoms with Gasteiger partial charge in [0.2, 0.25) is 0 Å². The van der Waals surface area contributed by atoms with E-state index in [0.717, 1.165) is 61.1 Å². The highest BCUT2D eigenvalue weighted by atomic mass is 16.5. The highest BCUT2D eigenvalue weighted by Crippen LogP contribution is 2.39. The molecular formula is C27H36N6O2. The van der Waals surface area contributed by atoms with Gasteiger partial charge in [0.05, 0.1) is 17.6 Å². The first-order chi connectivity index (χ1) is 16.8. The number of nitrogens with zero attached hydrogens (tertiary/aromatic N) is 6. The maximum Gasteiger partial charge on any atom is 0.178 e. The van der Waals surface area contributed by atoms with E-state index in [2.05, 4.69) is 71.6 Å². The fraction of sp³-hybridized carbons (Fsp3) is 0.556. The third-order valence-corrected chi connectivity index (χ3v) is 7.66. The molecule has 186 valence electrons. The SMILES string of the molecule is CCC(=O)C(C)(C)N1CCC(c2ccc3c(c2)OCCn2cc(-c4ncnn4C(C)C)nc2-3)CC1. The zero-order chi connectivity index (χ0) is 24.7. The van der Waals surface area contributed by atoms with Gasteiger partial charge in [-0.3, -0.25) is 9.69 Å². The normalized spacial score (nSPS) is 17.1. The molecule has 8 heteroatoms. The number of rotatable bonds is 6. The van der Waals surface area contributed by atoms with Crippen molar-refractivity contribution in [2.24, 2.45) is 0 Å². The third-order valence-electron chi connectivity index (χ3n) is 7.66. The Morgan fingerprint density at radius 1 is 1.17 bits per heavy atom. The maximum atomic E-state index is 12.4. The Labute approximate surface area is 207 Å². The summed E-state index contributed by atoms with van der Waals surface area (Å²) in [5.41, 5.74) is 2.77. The van der Waals surface area contributed by atoms with Crippen molar-refractivity contribution in [2.75, 3.05) is 19.7 Å². The molecule has 5 rings (SSSR count). The molecular weight excluding hydrogens is 440 g/mol. The third kappa shape index (κ3) is 4.29. The van der Waals surface area contributed by atoms with E-state index >= 15 is 0 Å². The number of piperidine rings is 1. The molecule has 0 radical (unpaired) electrons. The van der Waals surface area contributed by atoms with Crippen LogP contribution >= 0.6 is 0 Å². The summed E-state index contributed by atoms with van der Waals surface area (Å²) < 4.78 is 10.3. The summed E-state index contributed by atoms with van der Waals surface area (Å²) in [4.78, 5) is 24.2. The van der Waals surface area contributed by atoms with E-state index in [9.17, 15) is 4.79 Å². The quantitative estimate of drug-likeness (QED) is 0.512. The smallest absolute Gasteiger partial charge is 0.178 e. The van der Waals surface area contributed by atoms with E-state index in [0.29, 0.717) is 24.7 Å². The lowest BCUT2D eigenvalue weighted by Crippen LogP contribution is -2.52. The topological polar surface area (TPSA) is 78.1 Å². The van der Waals surface area contributed by atoms with E-state index in [1.165, 1.54) is 5.56 Å². The summed E-state index contributed by atoms with van der Waals surface area (Å²) in [6.07, 6.45) is 6.32. The molecule has 1 saturated heterocycles. The van der Waals surface area contributed by atoms with Crippen LogP contribution < -0.4 is 4.74 Å². The highest BCUT2D eigenvalue weighted by molar-refractivity contribution is 5.87. The number of fused-ring (bicyclic) bond motifs is 3. The Kier molecular flexibility index (Phi) is 6.25. The lowest BCUT2D eigenvalue weighted by atomic mass is 9.85. The van der Waals surface area contributed by atoms with Gasteiger partial charge in [0.25, 0.3) is 0 Å². The molecule has 0 unspecified atom stereocenters. The fourth-order valence-corrected chi connectivity index (χ4v) is 5.45. The van der Waals surface area contributed by atoms with Crippen LogP contribution in [-0.2, 0) is 11.3 Å². The lowest BCUT2D eigenvalue weighted by Gasteiger charge is -2.42. The number of ketones is 1. The van der Waals surface area contributed by atoms with Crippen LogP contribution in [0.4, 0.5) is 0 Å². The number of carbonyl (C=O) groups is 1. The van der Waals surface area contributed by atoms with Crippen molar-refractivity contribution in [1.82, 2.24) is 29.2 Å². The first kappa shape index (κ1) is 23.7. The molecule has 0 amide bonds. The van der Waals surface area contributed by atoms with Gasteiger partial charge in [-0.1, -0.05) is 13.0 Å². The van der Waals surface area contributed by atoms with E-state index in [4.69, 9.17) is 9.72 Å². The maximum absolute atomic E-state index is 12.4. The van der Waals surface area contributed by atoms with Crippen molar-refractivity contribution in [3.8, 4) is 28.7 Å². The number of benzene rings is 1. The first-order valence-corrected chi connectivity index (χ1v) is 12.8. The average molecular weight is 477 g/mol. The van der Waals surface area contributed by atoms with Gasteiger partial charge in [-0.2, -0.15) is 5.10 Å². The van der Waals surface area contributed by atoms with Gasteiger partial charge in [-0.15, -0.1) is 0 Å². The number of imidazole rings is 1. The summed E-state index contributed by atoms with van der Waals surface area (Å²) in [6, 6.07) is 6.80. The summed E-state index contributed by atoms with van der Waals surface area (Å²) in [5, 5.41) is 4.37. The second kappa shape index (κ2) is 9.22. The molecule has 2 aliphatic rings. The predicted octanol–water partition coefficient (Wildman–Crippen LogP) is 4.72. The minimum atomic E-state index is -0.384. The van der Waals surface area contributed by atoms with Crippen molar-refractivity contribution in [1.29, 1.82) is 0 Å². The van der Waals surface area contributed by atoms with Crippen LogP contribution in [0.5, 0.6) is 5.75 Å². The average Bonchev–Trinajstić information content (AvgIpc) is 3.48. The Morgan fingerprint density at radius 2 is 1.94 bits per heavy atom. The monoisotopic (exact) mass is 476 g/mol. The number of Topliss-reactive ketones (excluding diaryl/α,β-unsaturated/α-hetero) is 1. The van der Waals surface area contributed by atoms with E-state index in [-0.39, 0.29) is 11.6 Å². The molecule has 2 aliphatic heterocycles. The molecule has 1 fully saturated rings. The van der Waals surface area contributed by atoms with Gasteiger partial charge in [0.1, 0.15) is 30.2 Å². The predicted molar refractivity (Wildman–Crippen MR) is 135 cm³/mol. The van der Waals surface area contributed by atoms with Gasteiger partial charge in [-0.25, -0.2) is 14.6 Å². The molecule has 3 aromatic rings. The highest BCUT2D eigenvalue weighted by Gasteiger charge is 2.36. The summed E-state index contributed by atoms with van der Waals surface area (Å²) in [7, 11) is 0. The molecule has 2 aromatic heterocycles. The van der Waals surface area contributed by atoms with Crippen LogP contribution in [0.3, 0.4) is 0 Å². The zero-order valence-electron chi connectivity index (χ0n) is 21.5. The molecule has 0 saturated carbocycles. The van der Waals surface area contributed by atoms with E-state index in [1.807, 2.05) is 11.6 Å². The van der Waals surface area contributed by atoms with Crippen molar-refractivity contribution in [2.45, 2.75) is 77.9 Å². The Hall–Kier alpha value is -3.00. The number of likely N-dealkylation sites (tertiary alicyclic amines) is 1. The van der Waals surface area contributed by atoms with Crippen LogP contribution in [0.2, 0.25) is 0 Å². The van der Waals surface area contributed by atoms with Crippen LogP contribution in [0.1, 0.15) is 71.4 Å². The van der Waals surface area contributed by atoms with Crippen LogP contribution in [0.25, 0.3) is 22.9 Å². The Morgan fingerprint density at radius 3 is 2.66 bits per heavy atom. The Bertz CT molecular complexity index is 1220. The van der Waals surface area contributed by atoms with Crippen LogP contribution in [-0.4, -0.2) is 60.2 Å². The number of hydrogen-bond donors (Lipinski definition) is 0. The van der Waals surface area contributed by atoms with E-state index < -0.39 is 0 Å². The minimum Gasteiger partial charge on any atom is -0.491 e. The molecule has 4 heterocycles. The van der Waals surface area contributed by atoms with Crippen LogP contribution in [0, 0.1) is 0 Å². The van der Waals surface area contributed by atoms with Gasteiger partial charge < -0.3 is 9.30 Å². The summed E-state index contributed by atoms with van der Waals surface area (Å²) in [5.74, 6) is 3.38. The molecule has 0 bridgehead atoms. The molecule has 1 aromatic carbocycles. The molecule has 35 heavy (non-hydrogen) atoms. The van der Waals surface area contributed by atoms with Crippen molar-refractivity contribution in [3.05, 3.63) is 36.3 Å². The second-order valence-electron chi connectivity index (χ2n) is 10.5. The summed E-state index contributed by atoms with van der Waals surface area (Å²) in [6.45, 7) is 13.5. The largest absolute Gasteiger partial charge is 0.491 e. The zero-order valence-corrected chi connectivity index (χ0v) is 21.5.